The van der Waals surface area contributed by atoms with E-state index < -0.39 is 52.6 Å². The van der Waals surface area contributed by atoms with Crippen LogP contribution in [0.5, 0.6) is 5.75 Å². The van der Waals surface area contributed by atoms with Gasteiger partial charge in [-0.25, -0.2) is 0 Å². The largest absolute Gasteiger partial charge is 0.495 e. The molecule has 4 amide bonds. The van der Waals surface area contributed by atoms with Gasteiger partial charge in [0.25, 0.3) is 5.91 Å². The molecule has 0 radical (unpaired) electrons. The Hall–Kier alpha value is -3.67. The molecule has 13 heteroatoms. The number of aryl methyl sites for hydroxylation is 1. The number of likely N-dealkylation sites (tertiary alicyclic amines) is 1. The maximum atomic E-state index is 14.7. The third-order valence-corrected chi connectivity index (χ3v) is 11.1. The van der Waals surface area contributed by atoms with Crippen molar-refractivity contribution < 1.29 is 33.5 Å². The number of oxime groups is 1. The van der Waals surface area contributed by atoms with Crippen molar-refractivity contribution >= 4 is 46.7 Å². The van der Waals surface area contributed by atoms with Crippen LogP contribution < -0.4 is 20.7 Å². The number of nitrogens with zero attached hydrogens (tertiary/aromatic N) is 2. The van der Waals surface area contributed by atoms with Gasteiger partial charge < -0.3 is 30.4 Å². The zero-order valence-corrected chi connectivity index (χ0v) is 31.6. The molecule has 2 heterocycles. The number of Topliss-reactive ketones (excluding diaryl/α,β-unsaturated/α-hetero) is 1. The summed E-state index contributed by atoms with van der Waals surface area (Å²) in [5.41, 5.74) is 0.434. The van der Waals surface area contributed by atoms with Crippen LogP contribution in [0.3, 0.4) is 0 Å². The molecular formula is C38H54ClN5O7. The summed E-state index contributed by atoms with van der Waals surface area (Å²) in [5.74, 6) is -1.59. The highest BCUT2D eigenvalue weighted by atomic mass is 35.5. The average molecular weight is 728 g/mol. The van der Waals surface area contributed by atoms with Gasteiger partial charge in [0.1, 0.15) is 17.8 Å². The third kappa shape index (κ3) is 9.23. The zero-order valence-electron chi connectivity index (χ0n) is 30.9. The maximum Gasteiger partial charge on any atom is 0.289 e. The molecule has 1 spiro atoms. The molecule has 1 aromatic carbocycles. The first kappa shape index (κ1) is 38.6. The fourth-order valence-corrected chi connectivity index (χ4v) is 8.12. The molecule has 0 unspecified atom stereocenters. The summed E-state index contributed by atoms with van der Waals surface area (Å²) in [7, 11) is 2.93. The second-order valence-electron chi connectivity index (χ2n) is 16.1. The molecular weight excluding hydrogens is 674 g/mol. The van der Waals surface area contributed by atoms with Gasteiger partial charge in [0.2, 0.25) is 23.5 Å². The highest BCUT2D eigenvalue weighted by Crippen LogP contribution is 2.41. The summed E-state index contributed by atoms with van der Waals surface area (Å²) in [6.45, 7) is 7.57. The molecule has 2 aliphatic carbocycles. The number of amides is 4. The Morgan fingerprint density at radius 3 is 2.31 bits per heavy atom. The molecule has 51 heavy (non-hydrogen) atoms. The Kier molecular flexibility index (Phi) is 12.0. The van der Waals surface area contributed by atoms with Crippen LogP contribution in [0.2, 0.25) is 5.02 Å². The summed E-state index contributed by atoms with van der Waals surface area (Å²) >= 11 is 6.51. The van der Waals surface area contributed by atoms with E-state index in [0.29, 0.717) is 35.7 Å². The fourth-order valence-electron chi connectivity index (χ4n) is 7.77. The van der Waals surface area contributed by atoms with Gasteiger partial charge in [0, 0.05) is 31.9 Å². The van der Waals surface area contributed by atoms with Crippen molar-refractivity contribution in [3.8, 4) is 5.75 Å². The Labute approximate surface area is 306 Å². The van der Waals surface area contributed by atoms with Gasteiger partial charge in [-0.3, -0.25) is 24.0 Å². The van der Waals surface area contributed by atoms with Gasteiger partial charge in [-0.2, -0.15) is 0 Å². The number of ether oxygens (including phenoxy) is 1. The average Bonchev–Trinajstić information content (AvgIpc) is 3.76. The van der Waals surface area contributed by atoms with E-state index in [1.165, 1.54) is 24.8 Å². The molecule has 2 saturated carbocycles. The number of carbonyl (C=O) groups is 5. The molecule has 3 fully saturated rings. The summed E-state index contributed by atoms with van der Waals surface area (Å²) < 4.78 is 5.42. The zero-order chi connectivity index (χ0) is 37.1. The molecule has 4 atom stereocenters. The number of likely N-dealkylation sites (N-methyl/N-ethyl adjacent to an activating group) is 1. The lowest BCUT2D eigenvalue weighted by molar-refractivity contribution is -0.145. The van der Waals surface area contributed by atoms with Gasteiger partial charge in [-0.1, -0.05) is 76.1 Å². The number of halogens is 1. The van der Waals surface area contributed by atoms with Crippen LogP contribution in [0, 0.1) is 24.2 Å². The predicted octanol–water partition coefficient (Wildman–Crippen LogP) is 4.61. The van der Waals surface area contributed by atoms with Crippen LogP contribution in [-0.2, 0) is 28.8 Å². The summed E-state index contributed by atoms with van der Waals surface area (Å²) in [6.07, 6.45) is 9.45. The fraction of sp³-hybridized carbons (Fsp3) is 0.684. The number of methoxy groups -OCH3 is 1. The Balaban J connectivity index is 1.41. The number of ketones is 1. The molecule has 280 valence electrons. The second kappa shape index (κ2) is 15.9. The van der Waals surface area contributed by atoms with E-state index in [2.05, 4.69) is 21.1 Å². The van der Waals surface area contributed by atoms with E-state index >= 15 is 0 Å². The monoisotopic (exact) mass is 727 g/mol. The van der Waals surface area contributed by atoms with E-state index in [0.717, 1.165) is 49.7 Å². The minimum Gasteiger partial charge on any atom is -0.495 e. The van der Waals surface area contributed by atoms with Gasteiger partial charge in [-0.15, -0.1) is 0 Å². The number of nitrogens with one attached hydrogen (secondary N) is 3. The Morgan fingerprint density at radius 1 is 1.04 bits per heavy atom. The number of hydrogen-bond acceptors (Lipinski definition) is 8. The first-order valence-corrected chi connectivity index (χ1v) is 18.8. The van der Waals surface area contributed by atoms with Crippen molar-refractivity contribution in [3.63, 3.8) is 0 Å². The lowest BCUT2D eigenvalue weighted by atomic mass is 9.85. The minimum atomic E-state index is -1.05. The van der Waals surface area contributed by atoms with Gasteiger partial charge in [0.15, 0.2) is 5.60 Å². The first-order valence-electron chi connectivity index (χ1n) is 18.4. The van der Waals surface area contributed by atoms with Gasteiger partial charge >= 0.3 is 0 Å². The first-order chi connectivity index (χ1) is 24.1. The van der Waals surface area contributed by atoms with Crippen molar-refractivity contribution in [2.24, 2.45) is 22.4 Å². The minimum absolute atomic E-state index is 0.0293. The molecule has 1 saturated heterocycles. The van der Waals surface area contributed by atoms with Crippen molar-refractivity contribution in [1.82, 2.24) is 20.9 Å². The van der Waals surface area contributed by atoms with Crippen LogP contribution >= 0.6 is 11.6 Å². The molecule has 0 aromatic heterocycles. The molecule has 0 bridgehead atoms. The van der Waals surface area contributed by atoms with Crippen LogP contribution in [0.1, 0.15) is 109 Å². The number of hydrogen-bond donors (Lipinski definition) is 3. The standard InChI is InChI=1S/C38H54ClN5O7/c1-22-15-25(18-26(39)32(22)50-6)28-19-38(51-43-28)20-29(34(47)41-27(16-24-13-14-24)31(46)35(48)40-5)44(21-38)36(49)33(37(2,3)4)42-30(45)17-23-11-9-7-8-10-12-23/h15,18,23-24,27,29,33H,7-14,16-17,19-21H2,1-6H3,(H,40,48)(H,41,47)(H,42,45)/t27-,29-,33+,38+/m0/s1. The molecule has 3 N–H and O–H groups in total. The predicted molar refractivity (Wildman–Crippen MR) is 193 cm³/mol. The molecule has 2 aliphatic heterocycles. The molecule has 1 aromatic rings. The van der Waals surface area contributed by atoms with Crippen LogP contribution in [0.15, 0.2) is 17.3 Å². The summed E-state index contributed by atoms with van der Waals surface area (Å²) in [6, 6.07) is 0.650. The Bertz CT molecular complexity index is 1520. The summed E-state index contributed by atoms with van der Waals surface area (Å²) in [5, 5.41) is 13.1. The lowest BCUT2D eigenvalue weighted by Crippen LogP contribution is -2.59. The number of rotatable bonds is 12. The SMILES string of the molecule is CNC(=O)C(=O)[C@H](CC1CC1)NC(=O)[C@@H]1C[C@]2(CC(c3cc(C)c(OC)c(Cl)c3)=NO2)CN1C(=O)[C@@H](NC(=O)CC1CCCCCC1)C(C)(C)C. The van der Waals surface area contributed by atoms with Crippen LogP contribution in [-0.4, -0.2) is 84.5 Å². The van der Waals surface area contributed by atoms with Crippen molar-refractivity contribution in [2.75, 3.05) is 20.7 Å². The van der Waals surface area contributed by atoms with Crippen molar-refractivity contribution in [2.45, 2.75) is 128 Å². The Morgan fingerprint density at radius 2 is 1.73 bits per heavy atom. The second-order valence-corrected chi connectivity index (χ2v) is 16.5. The van der Waals surface area contributed by atoms with E-state index in [1.807, 2.05) is 33.8 Å². The number of carbonyl (C=O) groups excluding carboxylic acids is 5. The van der Waals surface area contributed by atoms with Crippen LogP contribution in [0.25, 0.3) is 0 Å². The smallest absolute Gasteiger partial charge is 0.289 e. The number of benzene rings is 1. The quantitative estimate of drug-likeness (QED) is 0.210. The topological polar surface area (TPSA) is 156 Å². The molecule has 12 nitrogen and oxygen atoms in total. The van der Waals surface area contributed by atoms with E-state index in [9.17, 15) is 24.0 Å². The normalized spacial score (nSPS) is 23.5. The van der Waals surface area contributed by atoms with Gasteiger partial charge in [0.05, 0.1) is 30.4 Å². The summed E-state index contributed by atoms with van der Waals surface area (Å²) in [4.78, 5) is 75.5. The van der Waals surface area contributed by atoms with Gasteiger partial charge in [-0.05, 0) is 61.1 Å². The van der Waals surface area contributed by atoms with Crippen molar-refractivity contribution in [3.05, 3.63) is 28.3 Å². The van der Waals surface area contributed by atoms with E-state index in [4.69, 9.17) is 21.2 Å². The maximum absolute atomic E-state index is 14.7. The third-order valence-electron chi connectivity index (χ3n) is 10.8. The molecule has 5 rings (SSSR count). The van der Waals surface area contributed by atoms with Crippen LogP contribution in [0.4, 0.5) is 0 Å². The van der Waals surface area contributed by atoms with E-state index in [-0.39, 0.29) is 30.7 Å². The van der Waals surface area contributed by atoms with E-state index in [1.54, 1.807) is 13.2 Å². The van der Waals surface area contributed by atoms with Crippen molar-refractivity contribution in [1.29, 1.82) is 0 Å². The highest BCUT2D eigenvalue weighted by molar-refractivity contribution is 6.38. The lowest BCUT2D eigenvalue weighted by Gasteiger charge is -2.36. The highest BCUT2D eigenvalue weighted by Gasteiger charge is 2.56. The molecule has 4 aliphatic rings.